The van der Waals surface area contributed by atoms with Gasteiger partial charge in [-0.15, -0.1) is 0 Å². The SMILES string of the molecule is CCCCCC(F)(F)[C@@H]1CCC[C@H](C(=O)O)C1. The highest BCUT2D eigenvalue weighted by Gasteiger charge is 2.42. The van der Waals surface area contributed by atoms with Crippen molar-refractivity contribution >= 4 is 5.97 Å². The van der Waals surface area contributed by atoms with E-state index in [1.165, 1.54) is 0 Å². The molecule has 100 valence electrons. The third-order valence-corrected chi connectivity index (χ3v) is 3.73. The molecule has 0 bridgehead atoms. The van der Waals surface area contributed by atoms with Gasteiger partial charge in [-0.1, -0.05) is 26.2 Å². The number of rotatable bonds is 6. The molecule has 17 heavy (non-hydrogen) atoms. The Morgan fingerprint density at radius 1 is 1.35 bits per heavy atom. The zero-order valence-corrected chi connectivity index (χ0v) is 10.4. The monoisotopic (exact) mass is 248 g/mol. The van der Waals surface area contributed by atoms with Crippen LogP contribution in [0.3, 0.4) is 0 Å². The van der Waals surface area contributed by atoms with Crippen LogP contribution in [0, 0.1) is 11.8 Å². The van der Waals surface area contributed by atoms with Crippen molar-refractivity contribution in [1.82, 2.24) is 0 Å². The molecule has 0 heterocycles. The summed E-state index contributed by atoms with van der Waals surface area (Å²) >= 11 is 0. The number of carboxylic acids is 1. The predicted octanol–water partition coefficient (Wildman–Crippen LogP) is 4.09. The molecule has 1 aliphatic rings. The summed E-state index contributed by atoms with van der Waals surface area (Å²) in [5.74, 6) is -4.89. The molecule has 0 aromatic carbocycles. The van der Waals surface area contributed by atoms with E-state index in [0.717, 1.165) is 12.8 Å². The largest absolute Gasteiger partial charge is 0.481 e. The molecule has 2 nitrogen and oxygen atoms in total. The fourth-order valence-corrected chi connectivity index (χ4v) is 2.61. The second-order valence-electron chi connectivity index (χ2n) is 5.12. The first-order chi connectivity index (χ1) is 7.97. The molecule has 1 rings (SSSR count). The summed E-state index contributed by atoms with van der Waals surface area (Å²) in [6.07, 6.45) is 4.00. The summed E-state index contributed by atoms with van der Waals surface area (Å²) in [5.41, 5.74) is 0. The van der Waals surface area contributed by atoms with E-state index in [1.54, 1.807) is 0 Å². The maximum absolute atomic E-state index is 13.9. The highest BCUT2D eigenvalue weighted by molar-refractivity contribution is 5.70. The highest BCUT2D eigenvalue weighted by Crippen LogP contribution is 2.41. The Morgan fingerprint density at radius 3 is 2.65 bits per heavy atom. The first-order valence-electron chi connectivity index (χ1n) is 6.58. The van der Waals surface area contributed by atoms with E-state index in [1.807, 2.05) is 6.92 Å². The van der Waals surface area contributed by atoms with Crippen molar-refractivity contribution < 1.29 is 18.7 Å². The first kappa shape index (κ1) is 14.4. The van der Waals surface area contributed by atoms with Gasteiger partial charge in [-0.2, -0.15) is 0 Å². The van der Waals surface area contributed by atoms with Crippen LogP contribution in [-0.4, -0.2) is 17.0 Å². The normalized spacial score (nSPS) is 25.8. The van der Waals surface area contributed by atoms with Crippen molar-refractivity contribution in [2.75, 3.05) is 0 Å². The summed E-state index contributed by atoms with van der Waals surface area (Å²) in [6, 6.07) is 0. The molecule has 0 unspecified atom stereocenters. The molecule has 0 amide bonds. The average Bonchev–Trinajstić information content (AvgIpc) is 2.29. The van der Waals surface area contributed by atoms with E-state index in [9.17, 15) is 13.6 Å². The van der Waals surface area contributed by atoms with Crippen LogP contribution >= 0.6 is 0 Å². The lowest BCUT2D eigenvalue weighted by Crippen LogP contribution is -2.34. The van der Waals surface area contributed by atoms with Gasteiger partial charge in [0.05, 0.1) is 5.92 Å². The van der Waals surface area contributed by atoms with Crippen LogP contribution in [0.25, 0.3) is 0 Å². The summed E-state index contributed by atoms with van der Waals surface area (Å²) in [4.78, 5) is 10.8. The fourth-order valence-electron chi connectivity index (χ4n) is 2.61. The second-order valence-corrected chi connectivity index (χ2v) is 5.12. The lowest BCUT2D eigenvalue weighted by Gasteiger charge is -2.32. The molecule has 2 atom stereocenters. The van der Waals surface area contributed by atoms with Crippen LogP contribution in [0.15, 0.2) is 0 Å². The molecule has 0 aromatic rings. The quantitative estimate of drug-likeness (QED) is 0.719. The summed E-state index contributed by atoms with van der Waals surface area (Å²) in [7, 11) is 0. The first-order valence-corrected chi connectivity index (χ1v) is 6.58. The molecule has 0 saturated heterocycles. The van der Waals surface area contributed by atoms with Crippen LogP contribution in [0.1, 0.15) is 58.3 Å². The van der Waals surface area contributed by atoms with Gasteiger partial charge in [-0.3, -0.25) is 4.79 Å². The maximum atomic E-state index is 13.9. The van der Waals surface area contributed by atoms with E-state index < -0.39 is 23.7 Å². The van der Waals surface area contributed by atoms with Gasteiger partial charge in [0, 0.05) is 12.3 Å². The zero-order valence-electron chi connectivity index (χ0n) is 10.4. The van der Waals surface area contributed by atoms with Crippen LogP contribution in [0.4, 0.5) is 8.78 Å². The van der Waals surface area contributed by atoms with Crippen LogP contribution in [0.5, 0.6) is 0 Å². The van der Waals surface area contributed by atoms with Gasteiger partial charge in [0.25, 0.3) is 5.92 Å². The summed E-state index contributed by atoms with van der Waals surface area (Å²) in [5, 5.41) is 8.89. The van der Waals surface area contributed by atoms with Gasteiger partial charge >= 0.3 is 5.97 Å². The number of hydrogen-bond acceptors (Lipinski definition) is 1. The molecule has 1 N–H and O–H groups in total. The van der Waals surface area contributed by atoms with Gasteiger partial charge in [-0.25, -0.2) is 8.78 Å². The third-order valence-electron chi connectivity index (χ3n) is 3.73. The molecular formula is C13H22F2O2. The maximum Gasteiger partial charge on any atom is 0.306 e. The highest BCUT2D eigenvalue weighted by atomic mass is 19.3. The minimum Gasteiger partial charge on any atom is -0.481 e. The molecule has 1 aliphatic carbocycles. The third kappa shape index (κ3) is 4.25. The summed E-state index contributed by atoms with van der Waals surface area (Å²) < 4.78 is 27.8. The lowest BCUT2D eigenvalue weighted by atomic mass is 9.77. The van der Waals surface area contributed by atoms with E-state index in [0.29, 0.717) is 25.7 Å². The van der Waals surface area contributed by atoms with Crippen molar-refractivity contribution in [3.05, 3.63) is 0 Å². The van der Waals surface area contributed by atoms with Gasteiger partial charge in [-0.05, 0) is 25.7 Å². The van der Waals surface area contributed by atoms with E-state index in [4.69, 9.17) is 5.11 Å². The Hall–Kier alpha value is -0.670. The Labute approximate surface area is 101 Å². The minimum atomic E-state index is -2.68. The molecule has 0 spiro atoms. The van der Waals surface area contributed by atoms with Crippen LogP contribution in [-0.2, 0) is 4.79 Å². The number of carbonyl (C=O) groups is 1. The zero-order chi connectivity index (χ0) is 12.9. The molecule has 1 saturated carbocycles. The molecule has 1 fully saturated rings. The second kappa shape index (κ2) is 6.31. The predicted molar refractivity (Wildman–Crippen MR) is 62.2 cm³/mol. The smallest absolute Gasteiger partial charge is 0.306 e. The van der Waals surface area contributed by atoms with E-state index in [2.05, 4.69) is 0 Å². The van der Waals surface area contributed by atoms with Crippen molar-refractivity contribution in [3.63, 3.8) is 0 Å². The minimum absolute atomic E-state index is 0.0855. The van der Waals surface area contributed by atoms with Gasteiger partial charge in [0.1, 0.15) is 0 Å². The Balaban J connectivity index is 2.49. The number of unbranched alkanes of at least 4 members (excludes halogenated alkanes) is 2. The van der Waals surface area contributed by atoms with Crippen LogP contribution in [0.2, 0.25) is 0 Å². The van der Waals surface area contributed by atoms with Crippen molar-refractivity contribution in [2.45, 2.75) is 64.2 Å². The van der Waals surface area contributed by atoms with Gasteiger partial charge < -0.3 is 5.11 Å². The van der Waals surface area contributed by atoms with E-state index in [-0.39, 0.29) is 12.8 Å². The number of aliphatic carboxylic acids is 1. The van der Waals surface area contributed by atoms with Gasteiger partial charge in [0.2, 0.25) is 0 Å². The summed E-state index contributed by atoms with van der Waals surface area (Å²) in [6.45, 7) is 1.99. The van der Waals surface area contributed by atoms with Gasteiger partial charge in [0.15, 0.2) is 0 Å². The molecule has 0 aromatic heterocycles. The number of hydrogen-bond donors (Lipinski definition) is 1. The lowest BCUT2D eigenvalue weighted by molar-refractivity contribution is -0.146. The molecule has 0 radical (unpaired) electrons. The van der Waals surface area contributed by atoms with Crippen LogP contribution < -0.4 is 0 Å². The Bertz CT molecular complexity index is 254. The fraction of sp³-hybridized carbons (Fsp3) is 0.923. The number of alkyl halides is 2. The van der Waals surface area contributed by atoms with Crippen molar-refractivity contribution in [1.29, 1.82) is 0 Å². The van der Waals surface area contributed by atoms with Crippen molar-refractivity contribution in [2.24, 2.45) is 11.8 Å². The average molecular weight is 248 g/mol. The molecule has 4 heteroatoms. The topological polar surface area (TPSA) is 37.3 Å². The molecule has 0 aliphatic heterocycles. The Kier molecular flexibility index (Phi) is 5.34. The number of halogens is 2. The van der Waals surface area contributed by atoms with Crippen molar-refractivity contribution in [3.8, 4) is 0 Å². The van der Waals surface area contributed by atoms with E-state index >= 15 is 0 Å². The molecular weight excluding hydrogens is 226 g/mol. The number of carboxylic acid groups (broad SMARTS) is 1. The Morgan fingerprint density at radius 2 is 2.06 bits per heavy atom. The standard InChI is InChI=1S/C13H22F2O2/c1-2-3-4-8-13(14,15)11-7-5-6-10(9-11)12(16)17/h10-11H,2-9H2,1H3,(H,16,17)/t10-,11+/m0/s1.